The molecule has 15 heavy (non-hydrogen) atoms. The van der Waals surface area contributed by atoms with Crippen LogP contribution in [-0.4, -0.2) is 16.4 Å². The Bertz CT molecular complexity index is 388. The normalized spacial score (nSPS) is 11.2. The molecule has 0 heterocycles. The molecule has 1 N–H and O–H groups in total. The Hall–Kier alpha value is -0.810. The van der Waals surface area contributed by atoms with Crippen LogP contribution in [0.1, 0.15) is 0 Å². The zero-order valence-electron chi connectivity index (χ0n) is 7.61. The van der Waals surface area contributed by atoms with Gasteiger partial charge in [0.15, 0.2) is 0 Å². The van der Waals surface area contributed by atoms with Crippen LogP contribution in [0.2, 0.25) is 0 Å². The number of rotatable bonds is 4. The summed E-state index contributed by atoms with van der Waals surface area (Å²) >= 11 is 6.46. The van der Waals surface area contributed by atoms with E-state index in [9.17, 15) is 4.79 Å². The van der Waals surface area contributed by atoms with Crippen LogP contribution in [0, 0.1) is 0 Å². The number of alkyl halides is 1. The molecule has 0 radical (unpaired) electrons. The topological polar surface area (TPSA) is 46.5 Å². The minimum absolute atomic E-state index is 0.342. The molecule has 0 amide bonds. The van der Waals surface area contributed by atoms with Gasteiger partial charge in [0, 0.05) is 0 Å². The summed E-state index contributed by atoms with van der Waals surface area (Å²) in [5, 5.41) is 8.92. The standard InChI is InChI=1S/C10H8Br2O3/c11-6-7(5-10(13)14)15-9-4-2-1-3-8(9)12/h1-5H,6H2,(H,13,14)/b7-5+. The Balaban J connectivity index is 2.85. The molecule has 3 nitrogen and oxygen atoms in total. The molecule has 0 saturated carbocycles. The van der Waals surface area contributed by atoms with Gasteiger partial charge < -0.3 is 9.84 Å². The first-order valence-electron chi connectivity index (χ1n) is 4.05. The number of para-hydroxylation sites is 1. The van der Waals surface area contributed by atoms with Gasteiger partial charge in [-0.2, -0.15) is 0 Å². The highest BCUT2D eigenvalue weighted by Crippen LogP contribution is 2.25. The van der Waals surface area contributed by atoms with Crippen molar-refractivity contribution >= 4 is 37.8 Å². The van der Waals surface area contributed by atoms with Gasteiger partial charge in [0.05, 0.1) is 15.9 Å². The van der Waals surface area contributed by atoms with Gasteiger partial charge in [0.2, 0.25) is 0 Å². The van der Waals surface area contributed by atoms with Crippen LogP contribution in [0.4, 0.5) is 0 Å². The van der Waals surface area contributed by atoms with Crippen molar-refractivity contribution in [3.8, 4) is 5.75 Å². The molecular weight excluding hydrogens is 328 g/mol. The van der Waals surface area contributed by atoms with E-state index in [4.69, 9.17) is 9.84 Å². The molecule has 0 spiro atoms. The van der Waals surface area contributed by atoms with Gasteiger partial charge >= 0.3 is 5.97 Å². The van der Waals surface area contributed by atoms with E-state index in [1.165, 1.54) is 0 Å². The number of carboxylic acids is 1. The minimum Gasteiger partial charge on any atom is -0.478 e. The van der Waals surface area contributed by atoms with Crippen molar-refractivity contribution in [3.63, 3.8) is 0 Å². The van der Waals surface area contributed by atoms with E-state index in [1.54, 1.807) is 6.07 Å². The number of ether oxygens (including phenoxy) is 1. The molecule has 80 valence electrons. The van der Waals surface area contributed by atoms with Crippen LogP contribution < -0.4 is 4.74 Å². The molecule has 0 aliphatic rings. The number of benzene rings is 1. The zero-order valence-corrected chi connectivity index (χ0v) is 10.8. The van der Waals surface area contributed by atoms with Crippen molar-refractivity contribution in [2.75, 3.05) is 5.33 Å². The number of hydrogen-bond acceptors (Lipinski definition) is 2. The van der Waals surface area contributed by atoms with Gasteiger partial charge in [-0.1, -0.05) is 28.1 Å². The van der Waals surface area contributed by atoms with Crippen LogP contribution in [0.3, 0.4) is 0 Å². The molecule has 0 aliphatic carbocycles. The highest BCUT2D eigenvalue weighted by Gasteiger charge is 2.04. The monoisotopic (exact) mass is 334 g/mol. The molecule has 1 aromatic carbocycles. The van der Waals surface area contributed by atoms with E-state index in [0.717, 1.165) is 10.5 Å². The van der Waals surface area contributed by atoms with Crippen molar-refractivity contribution in [3.05, 3.63) is 40.6 Å². The minimum atomic E-state index is -1.03. The van der Waals surface area contributed by atoms with E-state index in [2.05, 4.69) is 31.9 Å². The van der Waals surface area contributed by atoms with Crippen molar-refractivity contribution in [2.45, 2.75) is 0 Å². The van der Waals surface area contributed by atoms with E-state index in [-0.39, 0.29) is 0 Å². The molecule has 5 heteroatoms. The van der Waals surface area contributed by atoms with Gasteiger partial charge in [-0.25, -0.2) is 4.79 Å². The summed E-state index contributed by atoms with van der Waals surface area (Å²) < 4.78 is 6.17. The maximum Gasteiger partial charge on any atom is 0.331 e. The average molecular weight is 336 g/mol. The number of aliphatic carboxylic acids is 1. The van der Waals surface area contributed by atoms with Gasteiger partial charge in [0.25, 0.3) is 0 Å². The number of hydrogen-bond donors (Lipinski definition) is 1. The van der Waals surface area contributed by atoms with E-state index < -0.39 is 5.97 Å². The molecule has 1 aromatic rings. The second kappa shape index (κ2) is 5.92. The van der Waals surface area contributed by atoms with Gasteiger partial charge in [-0.05, 0) is 28.1 Å². The Morgan fingerprint density at radius 1 is 1.47 bits per heavy atom. The molecule has 0 aliphatic heterocycles. The fourth-order valence-electron chi connectivity index (χ4n) is 0.902. The lowest BCUT2D eigenvalue weighted by Crippen LogP contribution is -2.01. The number of carbonyl (C=O) groups is 1. The smallest absolute Gasteiger partial charge is 0.331 e. The molecule has 0 unspecified atom stereocenters. The summed E-state index contributed by atoms with van der Waals surface area (Å²) in [5.74, 6) is -0.102. The maximum absolute atomic E-state index is 10.5. The Kier molecular flexibility index (Phi) is 4.84. The highest BCUT2D eigenvalue weighted by atomic mass is 79.9. The van der Waals surface area contributed by atoms with Crippen molar-refractivity contribution in [2.24, 2.45) is 0 Å². The fraction of sp³-hybridized carbons (Fsp3) is 0.100. The molecular formula is C10H8Br2O3. The first kappa shape index (κ1) is 12.3. The van der Waals surface area contributed by atoms with Crippen molar-refractivity contribution < 1.29 is 14.6 Å². The van der Waals surface area contributed by atoms with Crippen LogP contribution in [0.5, 0.6) is 5.75 Å². The Labute approximate surface area is 104 Å². The van der Waals surface area contributed by atoms with Crippen LogP contribution in [0.15, 0.2) is 40.6 Å². The van der Waals surface area contributed by atoms with Crippen molar-refractivity contribution in [1.29, 1.82) is 0 Å². The Morgan fingerprint density at radius 3 is 2.67 bits per heavy atom. The van der Waals surface area contributed by atoms with E-state index >= 15 is 0 Å². The molecule has 1 rings (SSSR count). The SMILES string of the molecule is O=C(O)/C=C(\CBr)Oc1ccccc1Br. The highest BCUT2D eigenvalue weighted by molar-refractivity contribution is 9.10. The molecule has 0 aromatic heterocycles. The van der Waals surface area contributed by atoms with Crippen LogP contribution >= 0.6 is 31.9 Å². The maximum atomic E-state index is 10.5. The summed E-state index contributed by atoms with van der Waals surface area (Å²) in [4.78, 5) is 10.5. The quantitative estimate of drug-likeness (QED) is 0.522. The predicted molar refractivity (Wildman–Crippen MR) is 64.3 cm³/mol. The van der Waals surface area contributed by atoms with Gasteiger partial charge in [0.1, 0.15) is 11.5 Å². The first-order valence-corrected chi connectivity index (χ1v) is 5.96. The van der Waals surface area contributed by atoms with Gasteiger partial charge in [-0.3, -0.25) is 0 Å². The summed E-state index contributed by atoms with van der Waals surface area (Å²) in [6.45, 7) is 0. The molecule has 0 atom stereocenters. The Morgan fingerprint density at radius 2 is 2.13 bits per heavy atom. The lowest BCUT2D eigenvalue weighted by molar-refractivity contribution is -0.131. The summed E-state index contributed by atoms with van der Waals surface area (Å²) in [7, 11) is 0. The largest absolute Gasteiger partial charge is 0.478 e. The summed E-state index contributed by atoms with van der Waals surface area (Å²) in [5.41, 5.74) is 0. The third-order valence-corrected chi connectivity index (χ3v) is 2.70. The van der Waals surface area contributed by atoms with Crippen LogP contribution in [-0.2, 0) is 4.79 Å². The summed E-state index contributed by atoms with van der Waals surface area (Å²) in [6.07, 6.45) is 1.02. The van der Waals surface area contributed by atoms with E-state index in [0.29, 0.717) is 16.8 Å². The summed E-state index contributed by atoms with van der Waals surface area (Å²) in [6, 6.07) is 7.24. The fourth-order valence-corrected chi connectivity index (χ4v) is 1.54. The number of carboxylic acid groups (broad SMARTS) is 1. The molecule has 0 saturated heterocycles. The number of allylic oxidation sites excluding steroid dienone is 1. The van der Waals surface area contributed by atoms with Crippen LogP contribution in [0.25, 0.3) is 0 Å². The second-order valence-electron chi connectivity index (χ2n) is 2.62. The van der Waals surface area contributed by atoms with E-state index in [1.807, 2.05) is 18.2 Å². The average Bonchev–Trinajstić information content (AvgIpc) is 2.19. The molecule has 0 fully saturated rings. The third kappa shape index (κ3) is 4.05. The zero-order chi connectivity index (χ0) is 11.3. The second-order valence-corrected chi connectivity index (χ2v) is 4.03. The third-order valence-electron chi connectivity index (χ3n) is 1.49. The number of halogens is 2. The lowest BCUT2D eigenvalue weighted by atomic mass is 10.3. The lowest BCUT2D eigenvalue weighted by Gasteiger charge is -2.08. The molecule has 0 bridgehead atoms. The first-order chi connectivity index (χ1) is 7.13. The van der Waals surface area contributed by atoms with Gasteiger partial charge in [-0.15, -0.1) is 0 Å². The predicted octanol–water partition coefficient (Wildman–Crippen LogP) is 3.19. The van der Waals surface area contributed by atoms with Crippen molar-refractivity contribution in [1.82, 2.24) is 0 Å².